The molecule has 0 fully saturated rings. The second kappa shape index (κ2) is 17.7. The lowest BCUT2D eigenvalue weighted by Crippen LogP contribution is -2.46. The Morgan fingerprint density at radius 3 is 1.43 bits per heavy atom. The number of hydrogen-bond acceptors (Lipinski definition) is 4. The monoisotopic (exact) mass is 423 g/mol. The number of hydrogen-bond donors (Lipinski definition) is 0. The molecule has 172 valence electrons. The Morgan fingerprint density at radius 2 is 1.14 bits per heavy atom. The number of nitrogens with zero attached hydrogens (tertiary/aromatic N) is 1. The van der Waals surface area contributed by atoms with Gasteiger partial charge >= 0.3 is 0 Å². The number of unbranched alkanes of at least 4 members (excludes halogenated alkanes) is 5. The molecule has 5 nitrogen and oxygen atoms in total. The Bertz CT molecular complexity index is 418. The summed E-state index contributed by atoms with van der Waals surface area (Å²) in [4.78, 5) is 0. The highest BCUT2D eigenvalue weighted by Crippen LogP contribution is 2.15. The molecule has 0 bridgehead atoms. The van der Waals surface area contributed by atoms with E-state index in [-0.39, 0.29) is 0 Å². The largest absolute Gasteiger partial charge is 0.726 e. The van der Waals surface area contributed by atoms with E-state index in [4.69, 9.17) is 0 Å². The first-order valence-electron chi connectivity index (χ1n) is 11.3. The van der Waals surface area contributed by atoms with Crippen molar-refractivity contribution in [2.75, 3.05) is 33.8 Å². The normalized spacial score (nSPS) is 12.4. The third-order valence-corrected chi connectivity index (χ3v) is 5.62. The minimum atomic E-state index is -4.41. The maximum Gasteiger partial charge on any atom is 0.217 e. The van der Waals surface area contributed by atoms with Crippen LogP contribution < -0.4 is 0 Å². The van der Waals surface area contributed by atoms with Crippen LogP contribution in [-0.4, -0.2) is 51.2 Å². The van der Waals surface area contributed by atoms with Gasteiger partial charge < -0.3 is 9.04 Å². The first kappa shape index (κ1) is 30.0. The Balaban J connectivity index is 0. The van der Waals surface area contributed by atoms with E-state index >= 15 is 0 Å². The molecule has 0 heterocycles. The van der Waals surface area contributed by atoms with Crippen LogP contribution in [0.15, 0.2) is 0 Å². The average molecular weight is 424 g/mol. The fraction of sp³-hybridized carbons (Fsp3) is 1.00. The number of quaternary nitrogens is 1. The first-order valence-corrected chi connectivity index (χ1v) is 12.6. The maximum absolute atomic E-state index is 9.22. The maximum atomic E-state index is 9.22. The first-order chi connectivity index (χ1) is 13.0. The Hall–Kier alpha value is -0.170. The average Bonchev–Trinajstić information content (AvgIpc) is 2.59. The van der Waals surface area contributed by atoms with Gasteiger partial charge in [0.15, 0.2) is 0 Å². The summed E-state index contributed by atoms with van der Waals surface area (Å²) in [5.74, 6) is 1.75. The quantitative estimate of drug-likeness (QED) is 0.137. The van der Waals surface area contributed by atoms with Gasteiger partial charge in [0.05, 0.1) is 33.8 Å². The van der Waals surface area contributed by atoms with Crippen molar-refractivity contribution in [1.82, 2.24) is 0 Å². The predicted octanol–water partition coefficient (Wildman–Crippen LogP) is 5.76. The fourth-order valence-electron chi connectivity index (χ4n) is 3.32. The highest BCUT2D eigenvalue weighted by Gasteiger charge is 2.19. The third kappa shape index (κ3) is 23.9. The lowest BCUT2D eigenvalue weighted by molar-refractivity contribution is -0.910. The van der Waals surface area contributed by atoms with E-state index in [2.05, 4.69) is 45.8 Å². The van der Waals surface area contributed by atoms with Crippen LogP contribution in [0.5, 0.6) is 0 Å². The van der Waals surface area contributed by atoms with E-state index in [0.29, 0.717) is 0 Å². The van der Waals surface area contributed by atoms with Crippen LogP contribution in [0.25, 0.3) is 0 Å². The van der Waals surface area contributed by atoms with Crippen LogP contribution in [0.2, 0.25) is 0 Å². The van der Waals surface area contributed by atoms with Crippen molar-refractivity contribution in [3.63, 3.8) is 0 Å². The van der Waals surface area contributed by atoms with E-state index in [9.17, 15) is 13.0 Å². The second-order valence-corrected chi connectivity index (χ2v) is 10.4. The third-order valence-electron chi connectivity index (χ3n) is 5.21. The van der Waals surface area contributed by atoms with Gasteiger partial charge in [0.1, 0.15) is 0 Å². The van der Waals surface area contributed by atoms with Crippen LogP contribution >= 0.6 is 0 Å². The van der Waals surface area contributed by atoms with E-state index in [1.165, 1.54) is 88.3 Å². The van der Waals surface area contributed by atoms with Gasteiger partial charge in [-0.3, -0.25) is 4.18 Å². The summed E-state index contributed by atoms with van der Waals surface area (Å²) in [6, 6.07) is 0. The minimum absolute atomic E-state index is 0.808. The molecule has 0 amide bonds. The minimum Gasteiger partial charge on any atom is -0.726 e. The SMILES string of the molecule is CCCC[N+](C)(CCCCCC(C)C)CCCCCC(C)C.COS(=O)(=O)[O-]. The van der Waals surface area contributed by atoms with E-state index in [1.54, 1.807) is 0 Å². The smallest absolute Gasteiger partial charge is 0.217 e. The molecule has 0 aromatic heterocycles. The molecule has 0 aliphatic heterocycles. The van der Waals surface area contributed by atoms with Gasteiger partial charge in [-0.1, -0.05) is 66.7 Å². The van der Waals surface area contributed by atoms with Crippen molar-refractivity contribution < 1.29 is 21.6 Å². The molecule has 0 saturated heterocycles. The van der Waals surface area contributed by atoms with E-state index in [1.807, 2.05) is 0 Å². The van der Waals surface area contributed by atoms with Crippen molar-refractivity contribution in [1.29, 1.82) is 0 Å². The lowest BCUT2D eigenvalue weighted by atomic mass is 10.0. The molecule has 0 rings (SSSR count). The summed E-state index contributed by atoms with van der Waals surface area (Å²) in [5.41, 5.74) is 0. The Morgan fingerprint density at radius 1 is 0.786 bits per heavy atom. The molecular weight excluding hydrogens is 374 g/mol. The molecule has 0 aromatic rings. The van der Waals surface area contributed by atoms with Gasteiger partial charge in [0.25, 0.3) is 0 Å². The van der Waals surface area contributed by atoms with Crippen LogP contribution in [-0.2, 0) is 14.6 Å². The standard InChI is InChI=1S/C21H46N.CH4O4S/c1-7-8-17-22(6,18-13-9-11-15-20(2)3)19-14-10-12-16-21(4)5;1-5-6(2,3)4/h20-21H,7-19H2,1-6H3;1H3,(H,2,3,4)/q+1;/p-1. The van der Waals surface area contributed by atoms with Gasteiger partial charge in [-0.25, -0.2) is 8.42 Å². The van der Waals surface area contributed by atoms with Gasteiger partial charge in [0.2, 0.25) is 10.4 Å². The Kier molecular flexibility index (Phi) is 18.9. The molecule has 28 heavy (non-hydrogen) atoms. The molecule has 0 saturated carbocycles. The highest BCUT2D eigenvalue weighted by atomic mass is 32.3. The van der Waals surface area contributed by atoms with Crippen molar-refractivity contribution in [3.8, 4) is 0 Å². The topological polar surface area (TPSA) is 66.4 Å². The zero-order chi connectivity index (χ0) is 22.1. The van der Waals surface area contributed by atoms with Gasteiger partial charge in [-0.05, 0) is 43.9 Å². The lowest BCUT2D eigenvalue weighted by Gasteiger charge is -2.35. The molecular formula is C22H49NO4S. The predicted molar refractivity (Wildman–Crippen MR) is 119 cm³/mol. The van der Waals surface area contributed by atoms with Crippen LogP contribution in [0.3, 0.4) is 0 Å². The van der Waals surface area contributed by atoms with E-state index < -0.39 is 10.4 Å². The summed E-state index contributed by atoms with van der Waals surface area (Å²) in [6.45, 7) is 15.9. The van der Waals surface area contributed by atoms with Gasteiger partial charge in [0, 0.05) is 0 Å². The molecule has 0 aliphatic carbocycles. The fourth-order valence-corrected chi connectivity index (χ4v) is 3.32. The molecule has 0 radical (unpaired) electrons. The van der Waals surface area contributed by atoms with Crippen LogP contribution in [0.1, 0.15) is 98.8 Å². The Labute approximate surface area is 176 Å². The summed E-state index contributed by atoms with van der Waals surface area (Å²) >= 11 is 0. The zero-order valence-electron chi connectivity index (χ0n) is 19.8. The molecule has 0 spiro atoms. The van der Waals surface area contributed by atoms with Crippen molar-refractivity contribution >= 4 is 10.4 Å². The van der Waals surface area contributed by atoms with Crippen molar-refractivity contribution in [2.45, 2.75) is 98.8 Å². The molecule has 0 aromatic carbocycles. The van der Waals surface area contributed by atoms with E-state index in [0.717, 1.165) is 18.9 Å². The zero-order valence-corrected chi connectivity index (χ0v) is 20.7. The molecule has 0 aliphatic rings. The summed E-state index contributed by atoms with van der Waals surface area (Å²) < 4.78 is 32.4. The summed E-state index contributed by atoms with van der Waals surface area (Å²) in [7, 11) is -1.09. The molecule has 0 unspecified atom stereocenters. The van der Waals surface area contributed by atoms with Crippen LogP contribution in [0.4, 0.5) is 0 Å². The van der Waals surface area contributed by atoms with Crippen molar-refractivity contribution in [3.05, 3.63) is 0 Å². The molecule has 0 atom stereocenters. The highest BCUT2D eigenvalue weighted by molar-refractivity contribution is 7.80. The summed E-state index contributed by atoms with van der Waals surface area (Å²) in [6.07, 6.45) is 14.2. The van der Waals surface area contributed by atoms with Crippen molar-refractivity contribution in [2.24, 2.45) is 11.8 Å². The number of rotatable bonds is 16. The van der Waals surface area contributed by atoms with Gasteiger partial charge in [-0.15, -0.1) is 0 Å². The van der Waals surface area contributed by atoms with Gasteiger partial charge in [-0.2, -0.15) is 0 Å². The second-order valence-electron chi connectivity index (χ2n) is 9.21. The molecule has 0 N–H and O–H groups in total. The summed E-state index contributed by atoms with van der Waals surface area (Å²) in [5, 5.41) is 0. The van der Waals surface area contributed by atoms with Crippen LogP contribution in [0, 0.1) is 11.8 Å². The molecule has 6 heteroatoms.